The summed E-state index contributed by atoms with van der Waals surface area (Å²) < 4.78 is 28.6. The quantitative estimate of drug-likeness (QED) is 0.306. The van der Waals surface area contributed by atoms with Crippen molar-refractivity contribution in [3.63, 3.8) is 0 Å². The fourth-order valence-electron chi connectivity index (χ4n) is 3.63. The van der Waals surface area contributed by atoms with Gasteiger partial charge in [-0.25, -0.2) is 23.4 Å². The number of rotatable bonds is 7. The first-order valence-electron chi connectivity index (χ1n) is 11.1. The minimum atomic E-state index is -3.70. The van der Waals surface area contributed by atoms with E-state index in [4.69, 9.17) is 0 Å². The normalized spacial score (nSPS) is 11.2. The van der Waals surface area contributed by atoms with Gasteiger partial charge in [-0.3, -0.25) is 4.72 Å². The predicted octanol–water partition coefficient (Wildman–Crippen LogP) is 5.70. The summed E-state index contributed by atoms with van der Waals surface area (Å²) in [5, 5.41) is 6.43. The lowest BCUT2D eigenvalue weighted by Gasteiger charge is -2.13. The van der Waals surface area contributed by atoms with Crippen LogP contribution in [-0.4, -0.2) is 23.4 Å². The van der Waals surface area contributed by atoms with Crippen LogP contribution in [0.1, 0.15) is 28.1 Å². The van der Waals surface area contributed by atoms with Gasteiger partial charge in [0, 0.05) is 23.6 Å². The second-order valence-corrected chi connectivity index (χ2v) is 10.2. The Bertz CT molecular complexity index is 1480. The van der Waals surface area contributed by atoms with Crippen molar-refractivity contribution in [3.05, 3.63) is 88.9 Å². The minimum absolute atomic E-state index is 0.280. The molecule has 0 radical (unpaired) electrons. The molecular formula is C26H28N6O2S. The average molecular weight is 489 g/mol. The van der Waals surface area contributed by atoms with E-state index in [0.29, 0.717) is 34.5 Å². The maximum atomic E-state index is 13.0. The third kappa shape index (κ3) is 5.93. The number of pyridine rings is 1. The molecule has 0 bridgehead atoms. The standard InChI is InChI=1S/C26H28N6O2S/c1-16-10-11-27-24(12-16)31-26-15-25(28-20(5)29-26)30-21-6-8-22(9-7-21)32-35(33,34)23-14-18(3)17(2)13-19(23)4/h6-15,32H,1-5H3,(H2,27,28,29,30,31). The lowest BCUT2D eigenvalue weighted by atomic mass is 10.1. The summed E-state index contributed by atoms with van der Waals surface area (Å²) in [5.41, 5.74) is 5.03. The molecule has 0 aliphatic rings. The monoisotopic (exact) mass is 488 g/mol. The van der Waals surface area contributed by atoms with Gasteiger partial charge in [0.2, 0.25) is 0 Å². The number of hydrogen-bond donors (Lipinski definition) is 3. The summed E-state index contributed by atoms with van der Waals surface area (Å²) in [4.78, 5) is 13.4. The van der Waals surface area contributed by atoms with Crippen LogP contribution in [0.25, 0.3) is 0 Å². The molecule has 35 heavy (non-hydrogen) atoms. The lowest BCUT2D eigenvalue weighted by Crippen LogP contribution is -2.14. The zero-order chi connectivity index (χ0) is 25.2. The van der Waals surface area contributed by atoms with E-state index in [2.05, 4.69) is 30.3 Å². The molecule has 0 spiro atoms. The third-order valence-corrected chi connectivity index (χ3v) is 7.02. The highest BCUT2D eigenvalue weighted by Gasteiger charge is 2.18. The first kappa shape index (κ1) is 24.2. The molecular weight excluding hydrogens is 460 g/mol. The summed E-state index contributed by atoms with van der Waals surface area (Å²) in [7, 11) is -3.70. The maximum Gasteiger partial charge on any atom is 0.262 e. The smallest absolute Gasteiger partial charge is 0.262 e. The van der Waals surface area contributed by atoms with E-state index < -0.39 is 10.0 Å². The van der Waals surface area contributed by atoms with Crippen LogP contribution in [0.5, 0.6) is 0 Å². The highest BCUT2D eigenvalue weighted by atomic mass is 32.2. The van der Waals surface area contributed by atoms with E-state index in [1.807, 2.05) is 45.9 Å². The number of anilines is 5. The van der Waals surface area contributed by atoms with Gasteiger partial charge in [-0.2, -0.15) is 0 Å². The van der Waals surface area contributed by atoms with Crippen LogP contribution in [-0.2, 0) is 10.0 Å². The Kier molecular flexibility index (Phi) is 6.70. The fraction of sp³-hybridized carbons (Fsp3) is 0.192. The topological polar surface area (TPSA) is 109 Å². The molecule has 0 saturated carbocycles. The zero-order valence-corrected chi connectivity index (χ0v) is 21.2. The second kappa shape index (κ2) is 9.71. The Morgan fingerprint density at radius 1 is 0.657 bits per heavy atom. The number of nitrogens with zero attached hydrogens (tertiary/aromatic N) is 3. The van der Waals surface area contributed by atoms with Crippen molar-refractivity contribution in [1.29, 1.82) is 0 Å². The summed E-state index contributed by atoms with van der Waals surface area (Å²) in [6.45, 7) is 9.48. The number of hydrogen-bond acceptors (Lipinski definition) is 7. The molecule has 0 atom stereocenters. The largest absolute Gasteiger partial charge is 0.340 e. The first-order chi connectivity index (χ1) is 16.6. The molecule has 0 aliphatic heterocycles. The molecule has 8 nitrogen and oxygen atoms in total. The van der Waals surface area contributed by atoms with E-state index in [1.165, 1.54) is 0 Å². The highest BCUT2D eigenvalue weighted by molar-refractivity contribution is 7.92. The summed E-state index contributed by atoms with van der Waals surface area (Å²) in [5.74, 6) is 2.51. The van der Waals surface area contributed by atoms with Crippen molar-refractivity contribution in [1.82, 2.24) is 15.0 Å². The van der Waals surface area contributed by atoms with Crippen LogP contribution in [0.3, 0.4) is 0 Å². The third-order valence-electron chi connectivity index (χ3n) is 5.50. The molecule has 0 aliphatic carbocycles. The second-order valence-electron chi connectivity index (χ2n) is 8.54. The van der Waals surface area contributed by atoms with Gasteiger partial charge >= 0.3 is 0 Å². The number of sulfonamides is 1. The molecule has 0 unspecified atom stereocenters. The Morgan fingerprint density at radius 3 is 1.97 bits per heavy atom. The van der Waals surface area contributed by atoms with Gasteiger partial charge in [0.15, 0.2) is 0 Å². The molecule has 0 fully saturated rings. The molecule has 0 amide bonds. The Balaban J connectivity index is 1.49. The van der Waals surface area contributed by atoms with E-state index in [-0.39, 0.29) is 4.90 Å². The van der Waals surface area contributed by atoms with Crippen molar-refractivity contribution >= 4 is 38.9 Å². The lowest BCUT2D eigenvalue weighted by molar-refractivity contribution is 0.600. The molecule has 0 saturated heterocycles. The van der Waals surface area contributed by atoms with Crippen LogP contribution in [0.15, 0.2) is 65.7 Å². The van der Waals surface area contributed by atoms with Gasteiger partial charge in [0.1, 0.15) is 23.3 Å². The van der Waals surface area contributed by atoms with Gasteiger partial charge in [0.25, 0.3) is 10.0 Å². The average Bonchev–Trinajstić information content (AvgIpc) is 2.77. The van der Waals surface area contributed by atoms with Crippen LogP contribution in [0.2, 0.25) is 0 Å². The van der Waals surface area contributed by atoms with E-state index in [1.54, 1.807) is 49.5 Å². The van der Waals surface area contributed by atoms with Crippen molar-refractivity contribution < 1.29 is 8.42 Å². The van der Waals surface area contributed by atoms with Gasteiger partial charge < -0.3 is 10.6 Å². The highest BCUT2D eigenvalue weighted by Crippen LogP contribution is 2.25. The zero-order valence-electron chi connectivity index (χ0n) is 20.3. The Labute approximate surface area is 205 Å². The Morgan fingerprint density at radius 2 is 1.29 bits per heavy atom. The molecule has 2 heterocycles. The van der Waals surface area contributed by atoms with Gasteiger partial charge in [-0.1, -0.05) is 6.07 Å². The predicted molar refractivity (Wildman–Crippen MR) is 140 cm³/mol. The van der Waals surface area contributed by atoms with E-state index in [9.17, 15) is 8.42 Å². The van der Waals surface area contributed by atoms with Crippen LogP contribution >= 0.6 is 0 Å². The molecule has 3 N–H and O–H groups in total. The summed E-state index contributed by atoms with van der Waals surface area (Å²) >= 11 is 0. The number of benzene rings is 2. The maximum absolute atomic E-state index is 13.0. The number of nitrogens with one attached hydrogen (secondary N) is 3. The van der Waals surface area contributed by atoms with E-state index in [0.717, 1.165) is 22.4 Å². The van der Waals surface area contributed by atoms with Gasteiger partial charge in [0.05, 0.1) is 4.90 Å². The van der Waals surface area contributed by atoms with Gasteiger partial charge in [-0.15, -0.1) is 0 Å². The van der Waals surface area contributed by atoms with Gasteiger partial charge in [-0.05, 0) is 99.3 Å². The van der Waals surface area contributed by atoms with Crippen molar-refractivity contribution in [2.24, 2.45) is 0 Å². The molecule has 180 valence electrons. The molecule has 2 aromatic carbocycles. The van der Waals surface area contributed by atoms with Crippen LogP contribution in [0, 0.1) is 34.6 Å². The Hall–Kier alpha value is -3.98. The van der Waals surface area contributed by atoms with Crippen LogP contribution in [0.4, 0.5) is 28.8 Å². The molecule has 2 aromatic heterocycles. The van der Waals surface area contributed by atoms with Crippen molar-refractivity contribution in [3.8, 4) is 0 Å². The molecule has 4 aromatic rings. The van der Waals surface area contributed by atoms with Crippen LogP contribution < -0.4 is 15.4 Å². The number of aromatic nitrogens is 3. The number of aryl methyl sites for hydroxylation is 5. The first-order valence-corrected chi connectivity index (χ1v) is 12.6. The van der Waals surface area contributed by atoms with Crippen molar-refractivity contribution in [2.45, 2.75) is 39.5 Å². The fourth-order valence-corrected chi connectivity index (χ4v) is 5.01. The summed E-state index contributed by atoms with van der Waals surface area (Å²) in [6, 6.07) is 16.2. The molecule has 9 heteroatoms. The van der Waals surface area contributed by atoms with E-state index >= 15 is 0 Å². The van der Waals surface area contributed by atoms with Crippen molar-refractivity contribution in [2.75, 3.05) is 15.4 Å². The minimum Gasteiger partial charge on any atom is -0.340 e. The molecule has 4 rings (SSSR count). The SMILES string of the molecule is Cc1ccnc(Nc2cc(Nc3ccc(NS(=O)(=O)c4cc(C)c(C)cc4C)cc3)nc(C)n2)c1. The summed E-state index contributed by atoms with van der Waals surface area (Å²) in [6.07, 6.45) is 1.74.